The summed E-state index contributed by atoms with van der Waals surface area (Å²) >= 11 is 3.61. The number of benzene rings is 4. The minimum Gasteiger partial charge on any atom is -0.484 e. The fourth-order valence-corrected chi connectivity index (χ4v) is 8.67. The van der Waals surface area contributed by atoms with Crippen LogP contribution in [-0.4, -0.2) is 42.3 Å². The van der Waals surface area contributed by atoms with Crippen LogP contribution in [0, 0.1) is 6.92 Å². The molecule has 4 aromatic carbocycles. The molecule has 0 radical (unpaired) electrons. The highest BCUT2D eigenvalue weighted by Crippen LogP contribution is 2.52. The van der Waals surface area contributed by atoms with E-state index in [0.717, 1.165) is 30.4 Å². The van der Waals surface area contributed by atoms with E-state index in [1.165, 1.54) is 10.2 Å². The van der Waals surface area contributed by atoms with Gasteiger partial charge in [0.2, 0.25) is 6.10 Å². The standard InChI is InChI=1S/C37H33BrN2O6S/c1-24-15-17-27(18-16-24)47(43,44)40-23-28(38)31-29(40)19-20-30-32(31)33(34(45-30)25-11-5-2-6-12-25)37(42)46-35(26-13-7-3-8-14-26)36(41)39-21-9-4-10-22-39/h2-3,5-8,11-20,23,33-35H,4,9-10,21-22H2,1H3/t33-,34+,35-/m1/s1. The van der Waals surface area contributed by atoms with Gasteiger partial charge in [0.05, 0.1) is 10.4 Å². The maximum Gasteiger partial charge on any atom is 0.318 e. The Hall–Kier alpha value is -4.41. The number of halogens is 1. The number of ether oxygens (including phenoxy) is 2. The summed E-state index contributed by atoms with van der Waals surface area (Å²) in [6.07, 6.45) is 2.45. The first-order valence-corrected chi connectivity index (χ1v) is 17.9. The lowest BCUT2D eigenvalue weighted by Crippen LogP contribution is -2.40. The normalized spacial score (nSPS) is 18.4. The van der Waals surface area contributed by atoms with Gasteiger partial charge in [-0.1, -0.05) is 78.4 Å². The number of esters is 1. The first-order valence-electron chi connectivity index (χ1n) is 15.7. The van der Waals surface area contributed by atoms with Crippen LogP contribution in [-0.2, 0) is 24.3 Å². The molecular formula is C37H33BrN2O6S. The van der Waals surface area contributed by atoms with Crippen molar-refractivity contribution in [1.82, 2.24) is 8.87 Å². The van der Waals surface area contributed by atoms with Crippen molar-refractivity contribution < 1.29 is 27.5 Å². The summed E-state index contributed by atoms with van der Waals surface area (Å²) in [5.74, 6) is -1.44. The number of nitrogens with zero attached hydrogens (tertiary/aromatic N) is 2. The van der Waals surface area contributed by atoms with Gasteiger partial charge in [0.25, 0.3) is 15.9 Å². The van der Waals surface area contributed by atoms with Gasteiger partial charge in [-0.15, -0.1) is 0 Å². The van der Waals surface area contributed by atoms with Crippen LogP contribution in [0.4, 0.5) is 0 Å². The SMILES string of the molecule is Cc1ccc(S(=O)(=O)n2cc(Br)c3c4c(ccc32)O[C@@H](c2ccccc2)[C@@H]4C(=O)O[C@@H](C(=O)N2CCCCC2)c2ccccc2)cc1. The monoisotopic (exact) mass is 712 g/mol. The summed E-state index contributed by atoms with van der Waals surface area (Å²) < 4.78 is 42.2. The molecule has 1 amide bonds. The topological polar surface area (TPSA) is 94.9 Å². The summed E-state index contributed by atoms with van der Waals surface area (Å²) in [5.41, 5.74) is 3.17. The largest absolute Gasteiger partial charge is 0.484 e. The molecule has 1 fully saturated rings. The predicted octanol–water partition coefficient (Wildman–Crippen LogP) is 7.46. The third-order valence-corrected chi connectivity index (χ3v) is 11.2. The smallest absolute Gasteiger partial charge is 0.318 e. The maximum atomic E-state index is 14.6. The van der Waals surface area contributed by atoms with Gasteiger partial charge in [0.15, 0.2) is 0 Å². The number of rotatable bonds is 7. The van der Waals surface area contributed by atoms with Crippen molar-refractivity contribution in [3.05, 3.63) is 130 Å². The molecule has 10 heteroatoms. The molecule has 2 aliphatic rings. The number of aromatic nitrogens is 1. The Balaban J connectivity index is 1.34. The van der Waals surface area contributed by atoms with Gasteiger partial charge in [-0.25, -0.2) is 12.4 Å². The molecule has 1 aromatic heterocycles. The fraction of sp³-hybridized carbons (Fsp3) is 0.243. The second-order valence-electron chi connectivity index (χ2n) is 12.0. The summed E-state index contributed by atoms with van der Waals surface area (Å²) in [7, 11) is -3.98. The maximum absolute atomic E-state index is 14.6. The van der Waals surface area contributed by atoms with Gasteiger partial charge in [0.1, 0.15) is 17.8 Å². The number of likely N-dealkylation sites (tertiary alicyclic amines) is 1. The fourth-order valence-electron chi connectivity index (χ4n) is 6.55. The summed E-state index contributed by atoms with van der Waals surface area (Å²) in [5, 5.41) is 0.525. The molecule has 1 saturated heterocycles. The highest BCUT2D eigenvalue weighted by Gasteiger charge is 2.46. The molecule has 3 heterocycles. The van der Waals surface area contributed by atoms with Crippen LogP contribution in [0.25, 0.3) is 10.9 Å². The number of carbonyl (C=O) groups excluding carboxylic acids is 2. The van der Waals surface area contributed by atoms with Gasteiger partial charge < -0.3 is 14.4 Å². The summed E-state index contributed by atoms with van der Waals surface area (Å²) in [6.45, 7) is 3.11. The van der Waals surface area contributed by atoms with Crippen LogP contribution >= 0.6 is 15.9 Å². The van der Waals surface area contributed by atoms with Gasteiger partial charge >= 0.3 is 5.97 Å². The number of hydrogen-bond donors (Lipinski definition) is 0. The van der Waals surface area contributed by atoms with Gasteiger partial charge in [-0.3, -0.25) is 9.59 Å². The molecule has 240 valence electrons. The zero-order valence-electron chi connectivity index (χ0n) is 25.7. The van der Waals surface area contributed by atoms with Crippen molar-refractivity contribution in [1.29, 1.82) is 0 Å². The quantitative estimate of drug-likeness (QED) is 0.163. The minimum absolute atomic E-state index is 0.143. The summed E-state index contributed by atoms with van der Waals surface area (Å²) in [4.78, 5) is 30.4. The number of aryl methyl sites for hydroxylation is 1. The van der Waals surface area contributed by atoms with Gasteiger partial charge in [-0.2, -0.15) is 0 Å². The number of carbonyl (C=O) groups is 2. The molecule has 3 atom stereocenters. The van der Waals surface area contributed by atoms with Crippen molar-refractivity contribution >= 4 is 48.7 Å². The molecule has 0 spiro atoms. The van der Waals surface area contributed by atoms with E-state index in [1.54, 1.807) is 53.4 Å². The Kier molecular flexibility index (Phi) is 8.40. The lowest BCUT2D eigenvalue weighted by Gasteiger charge is -2.31. The van der Waals surface area contributed by atoms with Crippen LogP contribution in [0.15, 0.2) is 113 Å². The molecule has 2 aliphatic heterocycles. The van der Waals surface area contributed by atoms with Gasteiger partial charge in [0, 0.05) is 40.3 Å². The Morgan fingerprint density at radius 1 is 0.872 bits per heavy atom. The second kappa shape index (κ2) is 12.7. The number of amides is 1. The molecule has 0 aliphatic carbocycles. The van der Waals surface area contributed by atoms with Crippen molar-refractivity contribution in [2.75, 3.05) is 13.1 Å². The van der Waals surface area contributed by atoms with E-state index in [1.807, 2.05) is 55.5 Å². The Bertz CT molecular complexity index is 2060. The highest BCUT2D eigenvalue weighted by atomic mass is 79.9. The Labute approximate surface area is 282 Å². The molecule has 0 N–H and O–H groups in total. The number of piperidine rings is 1. The number of fused-ring (bicyclic) bond motifs is 3. The van der Waals surface area contributed by atoms with E-state index in [2.05, 4.69) is 15.9 Å². The zero-order valence-corrected chi connectivity index (χ0v) is 28.1. The highest BCUT2D eigenvalue weighted by molar-refractivity contribution is 9.10. The molecular weight excluding hydrogens is 680 g/mol. The second-order valence-corrected chi connectivity index (χ2v) is 14.7. The minimum atomic E-state index is -3.98. The molecule has 0 saturated carbocycles. The third-order valence-electron chi connectivity index (χ3n) is 8.95. The average molecular weight is 714 g/mol. The van der Waals surface area contributed by atoms with Crippen LogP contribution in [0.2, 0.25) is 0 Å². The average Bonchev–Trinajstić information content (AvgIpc) is 3.66. The third kappa shape index (κ3) is 5.74. The van der Waals surface area contributed by atoms with Crippen LogP contribution in [0.3, 0.4) is 0 Å². The van der Waals surface area contributed by atoms with E-state index >= 15 is 0 Å². The van der Waals surface area contributed by atoms with Crippen molar-refractivity contribution in [2.45, 2.75) is 49.2 Å². The van der Waals surface area contributed by atoms with Crippen LogP contribution < -0.4 is 4.74 Å². The summed E-state index contributed by atoms with van der Waals surface area (Å²) in [6, 6.07) is 28.5. The molecule has 8 nitrogen and oxygen atoms in total. The predicted molar refractivity (Wildman–Crippen MR) is 182 cm³/mol. The molecule has 5 aromatic rings. The first-order chi connectivity index (χ1) is 22.7. The van der Waals surface area contributed by atoms with Crippen molar-refractivity contribution in [3.63, 3.8) is 0 Å². The molecule has 47 heavy (non-hydrogen) atoms. The van der Waals surface area contributed by atoms with E-state index in [9.17, 15) is 18.0 Å². The molecule has 7 rings (SSSR count). The van der Waals surface area contributed by atoms with Crippen molar-refractivity contribution in [2.24, 2.45) is 0 Å². The van der Waals surface area contributed by atoms with E-state index in [-0.39, 0.29) is 10.8 Å². The Morgan fingerprint density at radius 3 is 2.21 bits per heavy atom. The van der Waals surface area contributed by atoms with Crippen molar-refractivity contribution in [3.8, 4) is 5.75 Å². The van der Waals surface area contributed by atoms with Crippen LogP contribution in [0.1, 0.15) is 59.6 Å². The van der Waals surface area contributed by atoms with Gasteiger partial charge in [-0.05, 0) is 71.9 Å². The Morgan fingerprint density at radius 2 is 1.53 bits per heavy atom. The van der Waals surface area contributed by atoms with Crippen LogP contribution in [0.5, 0.6) is 5.75 Å². The zero-order chi connectivity index (χ0) is 32.7. The first kappa shape index (κ1) is 31.2. The molecule has 0 bridgehead atoms. The molecule has 0 unspecified atom stereocenters. The lowest BCUT2D eigenvalue weighted by atomic mass is 9.89. The lowest BCUT2D eigenvalue weighted by molar-refractivity contribution is -0.163. The van der Waals surface area contributed by atoms with E-state index < -0.39 is 34.1 Å². The number of hydrogen-bond acceptors (Lipinski definition) is 6. The van der Waals surface area contributed by atoms with E-state index in [4.69, 9.17) is 9.47 Å². The van der Waals surface area contributed by atoms with E-state index in [0.29, 0.717) is 45.3 Å².